The van der Waals surface area contributed by atoms with Crippen molar-refractivity contribution in [1.82, 2.24) is 0 Å². The van der Waals surface area contributed by atoms with Gasteiger partial charge in [0.2, 0.25) is 0 Å². The third kappa shape index (κ3) is 2.21. The predicted molar refractivity (Wildman–Crippen MR) is 45.7 cm³/mol. The van der Waals surface area contributed by atoms with Gasteiger partial charge in [-0.15, -0.1) is 0 Å². The van der Waals surface area contributed by atoms with Gasteiger partial charge < -0.3 is 9.84 Å². The number of aliphatic hydroxyl groups is 1. The van der Waals surface area contributed by atoms with E-state index < -0.39 is 6.29 Å². The molecule has 0 amide bonds. The maximum Gasteiger partial charge on any atom is 0.147 e. The molecule has 0 bridgehead atoms. The fourth-order valence-electron chi connectivity index (χ4n) is 1.40. The van der Waals surface area contributed by atoms with Crippen molar-refractivity contribution in [2.45, 2.75) is 45.3 Å². The highest BCUT2D eigenvalue weighted by Crippen LogP contribution is 2.27. The molecule has 0 aromatic heterocycles. The second kappa shape index (κ2) is 3.59. The number of rotatable bonds is 0. The van der Waals surface area contributed by atoms with E-state index in [9.17, 15) is 5.11 Å². The molecule has 1 radical (unpaired) electrons. The Morgan fingerprint density at radius 3 is 2.64 bits per heavy atom. The van der Waals surface area contributed by atoms with Crippen molar-refractivity contribution in [3.05, 3.63) is 0 Å². The fourth-order valence-corrected chi connectivity index (χ4v) is 1.40. The van der Waals surface area contributed by atoms with Crippen LogP contribution in [0.5, 0.6) is 0 Å². The average Bonchev–Trinajstić information content (AvgIpc) is 2.05. The first kappa shape index (κ1) is 9.08. The Balaban J connectivity index is 2.53. The maximum atomic E-state index is 9.24. The lowest BCUT2D eigenvalue weighted by Crippen LogP contribution is -2.22. The molecule has 0 saturated carbocycles. The standard InChI is InChI=1S/C8H16BO2/c1-5-6(2)9-4-8(10)11-7(5)3/h5-8,10H,4H2,1-3H3. The number of hydrogen-bond donors (Lipinski definition) is 1. The van der Waals surface area contributed by atoms with Crippen LogP contribution in [0.4, 0.5) is 0 Å². The van der Waals surface area contributed by atoms with Gasteiger partial charge in [-0.2, -0.15) is 0 Å². The van der Waals surface area contributed by atoms with Crippen molar-refractivity contribution >= 4 is 7.28 Å². The molecule has 1 aliphatic heterocycles. The number of aliphatic hydroxyl groups excluding tert-OH is 1. The van der Waals surface area contributed by atoms with Crippen LogP contribution in [-0.2, 0) is 4.74 Å². The van der Waals surface area contributed by atoms with E-state index in [-0.39, 0.29) is 6.10 Å². The largest absolute Gasteiger partial charge is 0.369 e. The SMILES string of the molecule is CC1[B]CC(O)OC(C)C1C. The van der Waals surface area contributed by atoms with Crippen LogP contribution in [0, 0.1) is 5.92 Å². The second-order valence-electron chi connectivity index (χ2n) is 3.49. The van der Waals surface area contributed by atoms with E-state index in [0.717, 1.165) is 0 Å². The highest BCUT2D eigenvalue weighted by Gasteiger charge is 2.26. The third-order valence-electron chi connectivity index (χ3n) is 2.65. The molecule has 0 spiro atoms. The van der Waals surface area contributed by atoms with Crippen LogP contribution in [-0.4, -0.2) is 24.8 Å². The van der Waals surface area contributed by atoms with Crippen molar-refractivity contribution in [3.8, 4) is 0 Å². The van der Waals surface area contributed by atoms with Crippen LogP contribution in [0.3, 0.4) is 0 Å². The summed E-state index contributed by atoms with van der Waals surface area (Å²) in [6.45, 7) is 6.34. The summed E-state index contributed by atoms with van der Waals surface area (Å²) in [5.41, 5.74) is 0. The monoisotopic (exact) mass is 155 g/mol. The van der Waals surface area contributed by atoms with E-state index in [4.69, 9.17) is 4.74 Å². The average molecular weight is 155 g/mol. The summed E-state index contributed by atoms with van der Waals surface area (Å²) >= 11 is 0. The number of ether oxygens (including phenoxy) is 1. The maximum absolute atomic E-state index is 9.24. The fraction of sp³-hybridized carbons (Fsp3) is 1.00. The molecular weight excluding hydrogens is 139 g/mol. The first-order valence-electron chi connectivity index (χ1n) is 4.28. The Morgan fingerprint density at radius 1 is 1.36 bits per heavy atom. The zero-order chi connectivity index (χ0) is 8.43. The molecule has 4 atom stereocenters. The van der Waals surface area contributed by atoms with Crippen LogP contribution in [0.15, 0.2) is 0 Å². The van der Waals surface area contributed by atoms with Crippen molar-refractivity contribution in [3.63, 3.8) is 0 Å². The first-order valence-corrected chi connectivity index (χ1v) is 4.28. The van der Waals surface area contributed by atoms with Crippen molar-refractivity contribution < 1.29 is 9.84 Å². The van der Waals surface area contributed by atoms with Gasteiger partial charge >= 0.3 is 0 Å². The number of hydrogen-bond acceptors (Lipinski definition) is 2. The van der Waals surface area contributed by atoms with Crippen molar-refractivity contribution in [2.75, 3.05) is 0 Å². The molecule has 4 unspecified atom stereocenters. The Bertz CT molecular complexity index is 129. The zero-order valence-corrected chi connectivity index (χ0v) is 7.45. The highest BCUT2D eigenvalue weighted by molar-refractivity contribution is 6.37. The molecule has 2 nitrogen and oxygen atoms in total. The van der Waals surface area contributed by atoms with Gasteiger partial charge in [0.25, 0.3) is 0 Å². The molecule has 1 fully saturated rings. The van der Waals surface area contributed by atoms with Crippen molar-refractivity contribution in [2.24, 2.45) is 5.92 Å². The molecule has 0 aromatic rings. The molecule has 0 aromatic carbocycles. The summed E-state index contributed by atoms with van der Waals surface area (Å²) in [7, 11) is 2.14. The van der Waals surface area contributed by atoms with Gasteiger partial charge in [0.15, 0.2) is 0 Å². The summed E-state index contributed by atoms with van der Waals surface area (Å²) in [6, 6.07) is 0. The molecule has 0 aliphatic carbocycles. The minimum absolute atomic E-state index is 0.166. The summed E-state index contributed by atoms with van der Waals surface area (Å²) < 4.78 is 5.32. The topological polar surface area (TPSA) is 29.5 Å². The second-order valence-corrected chi connectivity index (χ2v) is 3.49. The Morgan fingerprint density at radius 2 is 2.00 bits per heavy atom. The highest BCUT2D eigenvalue weighted by atomic mass is 16.6. The lowest BCUT2D eigenvalue weighted by atomic mass is 9.58. The van der Waals surface area contributed by atoms with E-state index >= 15 is 0 Å². The summed E-state index contributed by atoms with van der Waals surface area (Å²) in [5.74, 6) is 1.05. The molecule has 1 N–H and O–H groups in total. The zero-order valence-electron chi connectivity index (χ0n) is 7.45. The minimum atomic E-state index is -0.586. The Labute approximate surface area is 69.2 Å². The smallest absolute Gasteiger partial charge is 0.147 e. The van der Waals surface area contributed by atoms with Gasteiger partial charge in [0.1, 0.15) is 13.6 Å². The molecule has 3 heteroatoms. The molecular formula is C8H16BO2. The van der Waals surface area contributed by atoms with Gasteiger partial charge in [0, 0.05) is 0 Å². The minimum Gasteiger partial charge on any atom is -0.369 e. The predicted octanol–water partition coefficient (Wildman–Crippen LogP) is 1.29. The molecule has 1 rings (SSSR count). The lowest BCUT2D eigenvalue weighted by Gasteiger charge is -2.22. The Hall–Kier alpha value is -0.0151. The van der Waals surface area contributed by atoms with E-state index in [1.807, 2.05) is 6.92 Å². The molecule has 1 saturated heterocycles. The van der Waals surface area contributed by atoms with E-state index in [1.165, 1.54) is 0 Å². The van der Waals surface area contributed by atoms with Crippen LogP contribution >= 0.6 is 0 Å². The quantitative estimate of drug-likeness (QED) is 0.534. The molecule has 63 valence electrons. The lowest BCUT2D eigenvalue weighted by molar-refractivity contribution is -0.127. The first-order chi connectivity index (χ1) is 5.11. The van der Waals surface area contributed by atoms with Gasteiger partial charge in [0.05, 0.1) is 6.10 Å². The molecule has 11 heavy (non-hydrogen) atoms. The summed E-state index contributed by atoms with van der Waals surface area (Å²) in [5, 5.41) is 9.24. The molecule has 1 aliphatic rings. The summed E-state index contributed by atoms with van der Waals surface area (Å²) in [4.78, 5) is 0. The van der Waals surface area contributed by atoms with E-state index in [1.54, 1.807) is 0 Å². The van der Waals surface area contributed by atoms with Crippen LogP contribution in [0.25, 0.3) is 0 Å². The van der Waals surface area contributed by atoms with Gasteiger partial charge in [-0.1, -0.05) is 19.7 Å². The van der Waals surface area contributed by atoms with E-state index in [2.05, 4.69) is 21.1 Å². The normalized spacial score (nSPS) is 46.2. The third-order valence-corrected chi connectivity index (χ3v) is 2.65. The van der Waals surface area contributed by atoms with Crippen LogP contribution < -0.4 is 0 Å². The van der Waals surface area contributed by atoms with E-state index in [0.29, 0.717) is 18.1 Å². The molecule has 1 heterocycles. The van der Waals surface area contributed by atoms with Crippen molar-refractivity contribution in [1.29, 1.82) is 0 Å². The van der Waals surface area contributed by atoms with Gasteiger partial charge in [-0.05, 0) is 19.2 Å². The summed E-state index contributed by atoms with van der Waals surface area (Å²) in [6.07, 6.45) is 0.242. The Kier molecular flexibility index (Phi) is 2.96. The van der Waals surface area contributed by atoms with Gasteiger partial charge in [-0.3, -0.25) is 0 Å². The van der Waals surface area contributed by atoms with Crippen LogP contribution in [0.2, 0.25) is 12.1 Å². The van der Waals surface area contributed by atoms with Crippen LogP contribution in [0.1, 0.15) is 20.8 Å². The van der Waals surface area contributed by atoms with Gasteiger partial charge in [-0.25, -0.2) is 0 Å².